The van der Waals surface area contributed by atoms with E-state index >= 15 is 0 Å². The molecule has 1 N–H and O–H groups in total. The number of aryl methyl sites for hydroxylation is 1. The predicted molar refractivity (Wildman–Crippen MR) is 125 cm³/mol. The van der Waals surface area contributed by atoms with Crippen LogP contribution in [0.2, 0.25) is 0 Å². The second-order valence-corrected chi connectivity index (χ2v) is 8.71. The molecule has 3 atom stereocenters. The van der Waals surface area contributed by atoms with Gasteiger partial charge in [0, 0.05) is 22.7 Å². The molecule has 0 spiro atoms. The van der Waals surface area contributed by atoms with Crippen LogP contribution in [-0.4, -0.2) is 26.2 Å². The number of furan rings is 1. The first-order valence-electron chi connectivity index (χ1n) is 11.5. The molecule has 0 radical (unpaired) electrons. The Morgan fingerprint density at radius 2 is 1.76 bits per heavy atom. The highest BCUT2D eigenvalue weighted by Crippen LogP contribution is 2.53. The monoisotopic (exact) mass is 447 g/mol. The molecule has 0 saturated heterocycles. The lowest BCUT2D eigenvalue weighted by Gasteiger charge is -2.42. The smallest absolute Gasteiger partial charge is 0.259 e. The third kappa shape index (κ3) is 3.89. The van der Waals surface area contributed by atoms with Crippen molar-refractivity contribution < 1.29 is 23.4 Å². The average Bonchev–Trinajstić information content (AvgIpc) is 3.28. The molecule has 2 aliphatic rings. The summed E-state index contributed by atoms with van der Waals surface area (Å²) in [5, 5.41) is 2.99. The second-order valence-electron chi connectivity index (χ2n) is 8.71. The molecule has 1 fully saturated rings. The average molecular weight is 448 g/mol. The van der Waals surface area contributed by atoms with Gasteiger partial charge in [0.15, 0.2) is 0 Å². The first-order chi connectivity index (χ1) is 16.1. The third-order valence-electron chi connectivity index (χ3n) is 6.84. The summed E-state index contributed by atoms with van der Waals surface area (Å²) in [5.74, 6) is 2.37. The quantitative estimate of drug-likeness (QED) is 0.519. The van der Waals surface area contributed by atoms with Crippen molar-refractivity contribution in [3.8, 4) is 11.5 Å². The standard InChI is InChI=1S/C27H29NO5/c1-16-19(13-14-32-16)27(29)28-18-8-6-7-17(15-18)26-25-23(31-3)12-11-22(30-2)24(25)20-9-4-5-10-21(20)33-26/h6-8,11-15,20-21,26H,4-5,9-10H2,1-3H3,(H,28,29). The topological polar surface area (TPSA) is 69.9 Å². The zero-order valence-electron chi connectivity index (χ0n) is 19.2. The van der Waals surface area contributed by atoms with E-state index < -0.39 is 0 Å². The fraction of sp³-hybridized carbons (Fsp3) is 0.370. The first kappa shape index (κ1) is 21.6. The van der Waals surface area contributed by atoms with Gasteiger partial charge in [0.05, 0.1) is 32.2 Å². The van der Waals surface area contributed by atoms with Crippen LogP contribution < -0.4 is 14.8 Å². The van der Waals surface area contributed by atoms with Crippen LogP contribution in [0.1, 0.15) is 70.5 Å². The van der Waals surface area contributed by atoms with Gasteiger partial charge in [0.1, 0.15) is 23.4 Å². The Labute approximate surface area is 193 Å². The van der Waals surface area contributed by atoms with Crippen molar-refractivity contribution in [1.29, 1.82) is 0 Å². The van der Waals surface area contributed by atoms with Crippen LogP contribution in [0, 0.1) is 6.92 Å². The molecule has 6 nitrogen and oxygen atoms in total. The van der Waals surface area contributed by atoms with Crippen molar-refractivity contribution in [3.63, 3.8) is 0 Å². The van der Waals surface area contributed by atoms with Crippen molar-refractivity contribution in [3.05, 3.63) is 76.7 Å². The zero-order chi connectivity index (χ0) is 22.9. The number of fused-ring (bicyclic) bond motifs is 3. The number of hydrogen-bond acceptors (Lipinski definition) is 5. The van der Waals surface area contributed by atoms with Crippen LogP contribution in [-0.2, 0) is 4.74 Å². The molecule has 1 aromatic heterocycles. The molecule has 6 heteroatoms. The number of ether oxygens (including phenoxy) is 3. The van der Waals surface area contributed by atoms with E-state index in [4.69, 9.17) is 18.6 Å². The first-order valence-corrected chi connectivity index (χ1v) is 11.5. The van der Waals surface area contributed by atoms with Crippen molar-refractivity contribution in [2.45, 2.75) is 50.7 Å². The summed E-state index contributed by atoms with van der Waals surface area (Å²) in [6.45, 7) is 1.78. The van der Waals surface area contributed by atoms with Crippen molar-refractivity contribution in [1.82, 2.24) is 0 Å². The van der Waals surface area contributed by atoms with E-state index in [0.717, 1.165) is 41.9 Å². The number of anilines is 1. The Morgan fingerprint density at radius 1 is 1.00 bits per heavy atom. The van der Waals surface area contributed by atoms with Crippen molar-refractivity contribution >= 4 is 11.6 Å². The maximum Gasteiger partial charge on any atom is 0.259 e. The Kier molecular flexibility index (Phi) is 5.85. The van der Waals surface area contributed by atoms with Crippen LogP contribution >= 0.6 is 0 Å². The number of amides is 1. The summed E-state index contributed by atoms with van der Waals surface area (Å²) in [4.78, 5) is 12.7. The molecule has 1 aliphatic carbocycles. The van der Waals surface area contributed by atoms with Gasteiger partial charge in [0.25, 0.3) is 5.91 Å². The van der Waals surface area contributed by atoms with Gasteiger partial charge in [-0.1, -0.05) is 25.0 Å². The largest absolute Gasteiger partial charge is 0.496 e. The Morgan fingerprint density at radius 3 is 2.48 bits per heavy atom. The minimum atomic E-state index is -0.308. The summed E-state index contributed by atoms with van der Waals surface area (Å²) in [5.41, 5.74) is 4.41. The molecular weight excluding hydrogens is 418 g/mol. The number of rotatable bonds is 5. The summed E-state index contributed by atoms with van der Waals surface area (Å²) in [6.07, 6.45) is 5.79. The molecule has 33 heavy (non-hydrogen) atoms. The van der Waals surface area contributed by atoms with Gasteiger partial charge < -0.3 is 23.9 Å². The van der Waals surface area contributed by atoms with Crippen LogP contribution in [0.25, 0.3) is 0 Å². The molecule has 3 aromatic rings. The summed E-state index contributed by atoms with van der Waals surface area (Å²) in [6, 6.07) is 13.5. The number of methoxy groups -OCH3 is 2. The number of benzene rings is 2. The van der Waals surface area contributed by atoms with E-state index in [2.05, 4.69) is 5.32 Å². The number of carbonyl (C=O) groups is 1. The molecule has 172 valence electrons. The number of carbonyl (C=O) groups excluding carboxylic acids is 1. The van der Waals surface area contributed by atoms with Crippen LogP contribution in [0.3, 0.4) is 0 Å². The lowest BCUT2D eigenvalue weighted by atomic mass is 9.75. The Balaban J connectivity index is 1.55. The van der Waals surface area contributed by atoms with E-state index in [0.29, 0.717) is 22.9 Å². The zero-order valence-corrected chi connectivity index (χ0v) is 19.2. The minimum absolute atomic E-state index is 0.129. The Hall–Kier alpha value is -3.25. The molecule has 0 bridgehead atoms. The molecule has 1 saturated carbocycles. The van der Waals surface area contributed by atoms with Gasteiger partial charge in [0.2, 0.25) is 0 Å². The van der Waals surface area contributed by atoms with E-state index in [9.17, 15) is 4.79 Å². The normalized spacial score (nSPS) is 21.6. The molecular formula is C27H29NO5. The minimum Gasteiger partial charge on any atom is -0.496 e. The highest BCUT2D eigenvalue weighted by Gasteiger charge is 2.41. The van der Waals surface area contributed by atoms with Gasteiger partial charge in [-0.15, -0.1) is 0 Å². The van der Waals surface area contributed by atoms with Crippen molar-refractivity contribution in [2.75, 3.05) is 19.5 Å². The van der Waals surface area contributed by atoms with Gasteiger partial charge in [-0.3, -0.25) is 4.79 Å². The molecule has 1 aliphatic heterocycles. The lowest BCUT2D eigenvalue weighted by molar-refractivity contribution is -0.0406. The summed E-state index contributed by atoms with van der Waals surface area (Å²) in [7, 11) is 3.41. The van der Waals surface area contributed by atoms with E-state index in [-0.39, 0.29) is 18.1 Å². The van der Waals surface area contributed by atoms with Crippen molar-refractivity contribution in [2.24, 2.45) is 0 Å². The maximum atomic E-state index is 12.7. The highest BCUT2D eigenvalue weighted by atomic mass is 16.5. The third-order valence-corrected chi connectivity index (χ3v) is 6.84. The highest BCUT2D eigenvalue weighted by molar-refractivity contribution is 6.04. The Bertz CT molecular complexity index is 1170. The fourth-order valence-electron chi connectivity index (χ4n) is 5.28. The molecule has 3 unspecified atom stereocenters. The van der Waals surface area contributed by atoms with Gasteiger partial charge in [-0.25, -0.2) is 0 Å². The molecule has 2 aromatic carbocycles. The van der Waals surface area contributed by atoms with Crippen LogP contribution in [0.15, 0.2) is 53.1 Å². The van der Waals surface area contributed by atoms with E-state index in [1.54, 1.807) is 27.2 Å². The van der Waals surface area contributed by atoms with Gasteiger partial charge in [-0.05, 0) is 55.7 Å². The molecule has 1 amide bonds. The fourth-order valence-corrected chi connectivity index (χ4v) is 5.28. The number of hydrogen-bond donors (Lipinski definition) is 1. The maximum absolute atomic E-state index is 12.7. The second kappa shape index (κ2) is 8.94. The van der Waals surface area contributed by atoms with Crippen LogP contribution in [0.4, 0.5) is 5.69 Å². The van der Waals surface area contributed by atoms with E-state index in [1.807, 2.05) is 36.4 Å². The number of nitrogens with one attached hydrogen (secondary N) is 1. The van der Waals surface area contributed by atoms with E-state index in [1.165, 1.54) is 18.2 Å². The molecule has 2 heterocycles. The van der Waals surface area contributed by atoms with Crippen LogP contribution in [0.5, 0.6) is 11.5 Å². The summed E-state index contributed by atoms with van der Waals surface area (Å²) >= 11 is 0. The molecule has 5 rings (SSSR count). The lowest BCUT2D eigenvalue weighted by Crippen LogP contribution is -2.34. The van der Waals surface area contributed by atoms with Gasteiger partial charge in [-0.2, -0.15) is 0 Å². The summed E-state index contributed by atoms with van der Waals surface area (Å²) < 4.78 is 23.6. The van der Waals surface area contributed by atoms with Gasteiger partial charge >= 0.3 is 0 Å². The SMILES string of the molecule is COc1ccc(OC)c2c1C(c1cccc(NC(=O)c3ccoc3C)c1)OC1CCCCC21. The predicted octanol–water partition coefficient (Wildman–Crippen LogP) is 6.00.